The average molecular weight is 298 g/mol. The number of hydrogen-bond acceptors (Lipinski definition) is 7. The highest BCUT2D eigenvalue weighted by atomic mass is 32.1. The van der Waals surface area contributed by atoms with E-state index in [2.05, 4.69) is 19.0 Å². The Balaban J connectivity index is 1.34. The Morgan fingerprint density at radius 2 is 2.45 bits per heavy atom. The van der Waals surface area contributed by atoms with Crippen LogP contribution in [0.3, 0.4) is 0 Å². The van der Waals surface area contributed by atoms with Crippen LogP contribution < -0.4 is 10.1 Å². The lowest BCUT2D eigenvalue weighted by Gasteiger charge is -2.35. The van der Waals surface area contributed by atoms with Crippen LogP contribution >= 0.6 is 11.7 Å². The zero-order valence-corrected chi connectivity index (χ0v) is 12.4. The average Bonchev–Trinajstić information content (AvgIpc) is 3.13. The molecule has 2 aliphatic heterocycles. The third-order valence-electron chi connectivity index (χ3n) is 4.23. The second kappa shape index (κ2) is 6.80. The second-order valence-electron chi connectivity index (χ2n) is 5.67. The molecule has 0 aliphatic carbocycles. The minimum absolute atomic E-state index is 0.265. The van der Waals surface area contributed by atoms with E-state index in [9.17, 15) is 5.11 Å². The number of hydrogen-bond donors (Lipinski definition) is 2. The van der Waals surface area contributed by atoms with Crippen LogP contribution in [-0.4, -0.2) is 63.2 Å². The van der Waals surface area contributed by atoms with Crippen molar-refractivity contribution in [3.05, 3.63) is 6.20 Å². The first kappa shape index (κ1) is 14.2. The SMILES string of the molecule is OC(CNC1CCN2CCCC2C1)COc1cnsn1. The van der Waals surface area contributed by atoms with Gasteiger partial charge in [-0.1, -0.05) is 0 Å². The Kier molecular flexibility index (Phi) is 4.82. The molecule has 2 saturated heterocycles. The minimum Gasteiger partial charge on any atom is -0.473 e. The first-order valence-corrected chi connectivity index (χ1v) is 8.10. The smallest absolute Gasteiger partial charge is 0.245 e. The van der Waals surface area contributed by atoms with Gasteiger partial charge in [0.15, 0.2) is 0 Å². The Morgan fingerprint density at radius 1 is 1.50 bits per heavy atom. The summed E-state index contributed by atoms with van der Waals surface area (Å²) in [5.41, 5.74) is 0. The van der Waals surface area contributed by atoms with Crippen molar-refractivity contribution in [1.82, 2.24) is 19.0 Å². The lowest BCUT2D eigenvalue weighted by Crippen LogP contribution is -2.47. The fourth-order valence-electron chi connectivity index (χ4n) is 3.17. The molecule has 7 heteroatoms. The first-order chi connectivity index (χ1) is 9.81. The van der Waals surface area contributed by atoms with E-state index in [1.807, 2.05) is 0 Å². The lowest BCUT2D eigenvalue weighted by atomic mass is 9.97. The van der Waals surface area contributed by atoms with Crippen molar-refractivity contribution in [1.29, 1.82) is 0 Å². The fraction of sp³-hybridized carbons (Fsp3) is 0.846. The predicted molar refractivity (Wildman–Crippen MR) is 77.0 cm³/mol. The molecule has 1 aromatic rings. The molecule has 0 spiro atoms. The van der Waals surface area contributed by atoms with E-state index in [1.165, 1.54) is 38.8 Å². The Morgan fingerprint density at radius 3 is 3.30 bits per heavy atom. The van der Waals surface area contributed by atoms with Crippen LogP contribution in [0, 0.1) is 0 Å². The number of piperidine rings is 1. The number of ether oxygens (including phenoxy) is 1. The first-order valence-electron chi connectivity index (χ1n) is 7.37. The van der Waals surface area contributed by atoms with Crippen LogP contribution in [0.1, 0.15) is 25.7 Å². The monoisotopic (exact) mass is 298 g/mol. The predicted octanol–water partition coefficient (Wildman–Crippen LogP) is 0.494. The molecule has 112 valence electrons. The van der Waals surface area contributed by atoms with Crippen LogP contribution in [0.15, 0.2) is 6.20 Å². The molecule has 1 aromatic heterocycles. The number of aromatic nitrogens is 2. The number of rotatable bonds is 6. The van der Waals surface area contributed by atoms with Gasteiger partial charge in [0.25, 0.3) is 0 Å². The number of aliphatic hydroxyl groups excluding tert-OH is 1. The van der Waals surface area contributed by atoms with Crippen LogP contribution in [0.5, 0.6) is 5.88 Å². The molecule has 2 aliphatic rings. The summed E-state index contributed by atoms with van der Waals surface area (Å²) in [7, 11) is 0. The van der Waals surface area contributed by atoms with Gasteiger partial charge in [-0.15, -0.1) is 4.37 Å². The van der Waals surface area contributed by atoms with E-state index >= 15 is 0 Å². The van der Waals surface area contributed by atoms with E-state index in [0.717, 1.165) is 17.8 Å². The summed E-state index contributed by atoms with van der Waals surface area (Å²) in [6.07, 6.45) is 6.14. The second-order valence-corrected chi connectivity index (χ2v) is 6.23. The van der Waals surface area contributed by atoms with Gasteiger partial charge in [-0.25, -0.2) is 0 Å². The highest BCUT2D eigenvalue weighted by Crippen LogP contribution is 2.26. The van der Waals surface area contributed by atoms with E-state index < -0.39 is 6.10 Å². The molecule has 0 saturated carbocycles. The zero-order chi connectivity index (χ0) is 13.8. The van der Waals surface area contributed by atoms with Crippen molar-refractivity contribution in [3.63, 3.8) is 0 Å². The quantitative estimate of drug-likeness (QED) is 0.797. The van der Waals surface area contributed by atoms with Crippen molar-refractivity contribution in [3.8, 4) is 5.88 Å². The summed E-state index contributed by atoms with van der Waals surface area (Å²) in [6, 6.07) is 1.29. The van der Waals surface area contributed by atoms with Crippen molar-refractivity contribution >= 4 is 11.7 Å². The number of aliphatic hydroxyl groups is 1. The number of fused-ring (bicyclic) bond motifs is 1. The molecular formula is C13H22N4O2S. The van der Waals surface area contributed by atoms with Gasteiger partial charge in [-0.3, -0.25) is 0 Å². The summed E-state index contributed by atoms with van der Waals surface area (Å²) in [6.45, 7) is 3.31. The maximum atomic E-state index is 9.92. The molecular weight excluding hydrogens is 276 g/mol. The van der Waals surface area contributed by atoms with Gasteiger partial charge in [-0.05, 0) is 38.8 Å². The Labute approximate surface area is 123 Å². The van der Waals surface area contributed by atoms with Crippen molar-refractivity contribution in [2.24, 2.45) is 0 Å². The zero-order valence-electron chi connectivity index (χ0n) is 11.6. The minimum atomic E-state index is -0.502. The van der Waals surface area contributed by atoms with Crippen LogP contribution in [0.4, 0.5) is 0 Å². The molecule has 2 fully saturated rings. The van der Waals surface area contributed by atoms with Crippen LogP contribution in [0.25, 0.3) is 0 Å². The number of nitrogens with zero attached hydrogens (tertiary/aromatic N) is 3. The molecule has 6 nitrogen and oxygen atoms in total. The van der Waals surface area contributed by atoms with Gasteiger partial charge in [0, 0.05) is 18.6 Å². The van der Waals surface area contributed by atoms with E-state index in [0.29, 0.717) is 18.5 Å². The lowest BCUT2D eigenvalue weighted by molar-refractivity contribution is 0.0936. The molecule has 0 aromatic carbocycles. The molecule has 20 heavy (non-hydrogen) atoms. The van der Waals surface area contributed by atoms with Crippen molar-refractivity contribution < 1.29 is 9.84 Å². The summed E-state index contributed by atoms with van der Waals surface area (Å²) in [5.74, 6) is 0.494. The maximum absolute atomic E-state index is 9.92. The third-order valence-corrected chi connectivity index (χ3v) is 4.69. The topological polar surface area (TPSA) is 70.5 Å². The van der Waals surface area contributed by atoms with Gasteiger partial charge in [0.1, 0.15) is 18.9 Å². The summed E-state index contributed by atoms with van der Waals surface area (Å²) in [4.78, 5) is 2.60. The molecule has 0 amide bonds. The van der Waals surface area contributed by atoms with Crippen molar-refractivity contribution in [2.45, 2.75) is 43.9 Å². The molecule has 3 atom stereocenters. The highest BCUT2D eigenvalue weighted by molar-refractivity contribution is 6.99. The van der Waals surface area contributed by atoms with Gasteiger partial charge >= 0.3 is 0 Å². The van der Waals surface area contributed by atoms with E-state index in [-0.39, 0.29) is 6.61 Å². The van der Waals surface area contributed by atoms with Gasteiger partial charge in [0.2, 0.25) is 5.88 Å². The van der Waals surface area contributed by atoms with Gasteiger partial charge < -0.3 is 20.1 Å². The van der Waals surface area contributed by atoms with E-state index in [1.54, 1.807) is 6.20 Å². The van der Waals surface area contributed by atoms with Crippen LogP contribution in [0.2, 0.25) is 0 Å². The molecule has 2 N–H and O–H groups in total. The Hall–Kier alpha value is -0.760. The van der Waals surface area contributed by atoms with E-state index in [4.69, 9.17) is 4.74 Å². The standard InChI is InChI=1S/C13H22N4O2S/c18-12(9-19-13-8-15-20-16-13)7-14-10-3-5-17-4-1-2-11(17)6-10/h8,10-12,14,18H,1-7,9H2. The summed E-state index contributed by atoms with van der Waals surface area (Å²) in [5, 5.41) is 13.4. The van der Waals surface area contributed by atoms with Gasteiger partial charge in [0.05, 0.1) is 11.7 Å². The molecule has 3 unspecified atom stereocenters. The summed E-state index contributed by atoms with van der Waals surface area (Å²) < 4.78 is 13.2. The highest BCUT2D eigenvalue weighted by Gasteiger charge is 2.31. The fourth-order valence-corrected chi connectivity index (χ4v) is 3.54. The number of nitrogens with one attached hydrogen (secondary N) is 1. The maximum Gasteiger partial charge on any atom is 0.245 e. The van der Waals surface area contributed by atoms with Gasteiger partial charge in [-0.2, -0.15) is 4.37 Å². The van der Waals surface area contributed by atoms with Crippen molar-refractivity contribution in [2.75, 3.05) is 26.2 Å². The third kappa shape index (κ3) is 3.66. The van der Waals surface area contributed by atoms with Crippen LogP contribution in [-0.2, 0) is 0 Å². The Bertz CT molecular complexity index is 403. The largest absolute Gasteiger partial charge is 0.473 e. The molecule has 3 rings (SSSR count). The molecule has 0 radical (unpaired) electrons. The molecule has 3 heterocycles. The normalized spacial score (nSPS) is 28.2. The molecule has 0 bridgehead atoms. The summed E-state index contributed by atoms with van der Waals surface area (Å²) >= 11 is 1.11.